The monoisotopic (exact) mass is 305 g/mol. The first-order valence-electron chi connectivity index (χ1n) is 7.53. The Morgan fingerprint density at radius 2 is 1.95 bits per heavy atom. The van der Waals surface area contributed by atoms with E-state index in [1.807, 2.05) is 30.3 Å². The second-order valence-electron chi connectivity index (χ2n) is 5.79. The van der Waals surface area contributed by atoms with Crippen LogP contribution in [0.3, 0.4) is 0 Å². The Hall–Kier alpha value is -1.88. The average Bonchev–Trinajstić information content (AvgIpc) is 3.23. The summed E-state index contributed by atoms with van der Waals surface area (Å²) in [6.45, 7) is 2.88. The molecule has 1 aliphatic carbocycles. The van der Waals surface area contributed by atoms with E-state index in [0.29, 0.717) is 19.6 Å². The first-order chi connectivity index (χ1) is 10.5. The van der Waals surface area contributed by atoms with E-state index in [2.05, 4.69) is 0 Å². The van der Waals surface area contributed by atoms with Crippen molar-refractivity contribution in [3.63, 3.8) is 0 Å². The molecule has 0 heterocycles. The highest BCUT2D eigenvalue weighted by Crippen LogP contribution is 2.54. The molecule has 0 spiro atoms. The van der Waals surface area contributed by atoms with Crippen LogP contribution in [0.2, 0.25) is 0 Å². The van der Waals surface area contributed by atoms with Gasteiger partial charge in [0.05, 0.1) is 19.8 Å². The minimum absolute atomic E-state index is 0.106. The van der Waals surface area contributed by atoms with Gasteiger partial charge >= 0.3 is 5.97 Å². The van der Waals surface area contributed by atoms with E-state index in [0.717, 1.165) is 5.56 Å². The third kappa shape index (κ3) is 3.30. The Balaban J connectivity index is 1.94. The maximum atomic E-state index is 12.4. The molecule has 120 valence electrons. The summed E-state index contributed by atoms with van der Waals surface area (Å²) in [4.78, 5) is 26.0. The van der Waals surface area contributed by atoms with Gasteiger partial charge in [0.15, 0.2) is 5.41 Å². The van der Waals surface area contributed by atoms with Crippen molar-refractivity contribution in [3.05, 3.63) is 35.9 Å². The van der Waals surface area contributed by atoms with Crippen molar-refractivity contribution in [2.45, 2.75) is 20.0 Å². The molecular weight excluding hydrogens is 282 g/mol. The molecule has 5 nitrogen and oxygen atoms in total. The molecule has 1 aliphatic rings. The Bertz CT molecular complexity index is 529. The summed E-state index contributed by atoms with van der Waals surface area (Å²) < 4.78 is 10.8. The minimum atomic E-state index is -1.05. The second kappa shape index (κ2) is 6.92. The summed E-state index contributed by atoms with van der Waals surface area (Å²) in [6.07, 6.45) is 0.498. The number of hydrogen-bond acceptors (Lipinski definition) is 4. The first-order valence-corrected chi connectivity index (χ1v) is 7.53. The summed E-state index contributed by atoms with van der Waals surface area (Å²) in [5.41, 5.74) is 0.0275. The lowest BCUT2D eigenvalue weighted by molar-refractivity contribution is -0.158. The third-order valence-electron chi connectivity index (χ3n) is 3.96. The van der Waals surface area contributed by atoms with Crippen LogP contribution in [0.5, 0.6) is 0 Å². The molecule has 2 atom stereocenters. The molecule has 1 amide bonds. The van der Waals surface area contributed by atoms with Crippen molar-refractivity contribution in [3.8, 4) is 0 Å². The zero-order valence-corrected chi connectivity index (χ0v) is 13.4. The molecule has 1 fully saturated rings. The molecule has 0 saturated heterocycles. The second-order valence-corrected chi connectivity index (χ2v) is 5.79. The summed E-state index contributed by atoms with van der Waals surface area (Å²) in [5, 5.41) is 0. The number of ether oxygens (including phenoxy) is 2. The van der Waals surface area contributed by atoms with Crippen molar-refractivity contribution in [2.75, 3.05) is 27.3 Å². The Kier molecular flexibility index (Phi) is 5.19. The molecule has 0 bridgehead atoms. The van der Waals surface area contributed by atoms with E-state index >= 15 is 0 Å². The van der Waals surface area contributed by atoms with Crippen LogP contribution in [0.1, 0.15) is 18.9 Å². The van der Waals surface area contributed by atoms with Crippen molar-refractivity contribution in [1.82, 2.24) is 4.90 Å². The van der Waals surface area contributed by atoms with Crippen LogP contribution in [0.15, 0.2) is 30.3 Å². The molecule has 5 heteroatoms. The van der Waals surface area contributed by atoms with E-state index in [1.165, 1.54) is 4.90 Å². The molecular formula is C17H23NO4. The standard InChI is InChI=1S/C17H23NO4/c1-4-22-16(20)17(15(19)18(2)3)10-14(17)12-21-11-13-8-6-5-7-9-13/h5-9,14H,4,10-12H2,1-3H3. The predicted molar refractivity (Wildman–Crippen MR) is 82.0 cm³/mol. The van der Waals surface area contributed by atoms with E-state index in [-0.39, 0.29) is 18.4 Å². The van der Waals surface area contributed by atoms with Gasteiger partial charge in [-0.05, 0) is 18.9 Å². The fourth-order valence-electron chi connectivity index (χ4n) is 2.68. The summed E-state index contributed by atoms with van der Waals surface area (Å²) in [6, 6.07) is 9.82. The van der Waals surface area contributed by atoms with Crippen LogP contribution >= 0.6 is 0 Å². The van der Waals surface area contributed by atoms with E-state index in [1.54, 1.807) is 21.0 Å². The van der Waals surface area contributed by atoms with Crippen LogP contribution in [-0.4, -0.2) is 44.1 Å². The molecule has 0 N–H and O–H groups in total. The van der Waals surface area contributed by atoms with Gasteiger partial charge in [-0.3, -0.25) is 9.59 Å². The van der Waals surface area contributed by atoms with Gasteiger partial charge in [0, 0.05) is 20.0 Å². The highest BCUT2D eigenvalue weighted by molar-refractivity contribution is 6.06. The van der Waals surface area contributed by atoms with E-state index in [9.17, 15) is 9.59 Å². The fourth-order valence-corrected chi connectivity index (χ4v) is 2.68. The predicted octanol–water partition coefficient (Wildman–Crippen LogP) is 1.86. The number of carbonyl (C=O) groups is 2. The van der Waals surface area contributed by atoms with Crippen molar-refractivity contribution in [2.24, 2.45) is 11.3 Å². The number of hydrogen-bond donors (Lipinski definition) is 0. The molecule has 2 rings (SSSR count). The molecule has 1 aromatic rings. The maximum absolute atomic E-state index is 12.4. The zero-order chi connectivity index (χ0) is 16.2. The average molecular weight is 305 g/mol. The summed E-state index contributed by atoms with van der Waals surface area (Å²) in [7, 11) is 3.31. The van der Waals surface area contributed by atoms with Gasteiger partial charge < -0.3 is 14.4 Å². The molecule has 1 aromatic carbocycles. The summed E-state index contributed by atoms with van der Waals surface area (Å²) >= 11 is 0. The Morgan fingerprint density at radius 1 is 1.27 bits per heavy atom. The van der Waals surface area contributed by atoms with Crippen LogP contribution < -0.4 is 0 Å². The molecule has 0 aromatic heterocycles. The van der Waals surface area contributed by atoms with Crippen molar-refractivity contribution in [1.29, 1.82) is 0 Å². The van der Waals surface area contributed by atoms with Crippen LogP contribution in [0.25, 0.3) is 0 Å². The maximum Gasteiger partial charge on any atom is 0.322 e. The largest absolute Gasteiger partial charge is 0.465 e. The number of amides is 1. The normalized spacial score (nSPS) is 23.0. The number of rotatable bonds is 7. The minimum Gasteiger partial charge on any atom is -0.465 e. The molecule has 22 heavy (non-hydrogen) atoms. The van der Waals surface area contributed by atoms with Crippen molar-refractivity contribution < 1.29 is 19.1 Å². The van der Waals surface area contributed by atoms with Crippen LogP contribution in [-0.2, 0) is 25.7 Å². The number of benzene rings is 1. The fraction of sp³-hybridized carbons (Fsp3) is 0.529. The molecule has 1 saturated carbocycles. The van der Waals surface area contributed by atoms with Gasteiger partial charge in [-0.15, -0.1) is 0 Å². The smallest absolute Gasteiger partial charge is 0.322 e. The van der Waals surface area contributed by atoms with Gasteiger partial charge in [0.1, 0.15) is 0 Å². The first kappa shape index (κ1) is 16.5. The number of esters is 1. The number of nitrogens with zero attached hydrogens (tertiary/aromatic N) is 1. The molecule has 2 unspecified atom stereocenters. The highest BCUT2D eigenvalue weighted by Gasteiger charge is 2.67. The lowest BCUT2D eigenvalue weighted by atomic mass is 10.0. The zero-order valence-electron chi connectivity index (χ0n) is 13.4. The SMILES string of the molecule is CCOC(=O)C1(C(=O)N(C)C)CC1COCc1ccccc1. The molecule has 0 aliphatic heterocycles. The quantitative estimate of drug-likeness (QED) is 0.570. The van der Waals surface area contributed by atoms with Crippen molar-refractivity contribution >= 4 is 11.9 Å². The van der Waals surface area contributed by atoms with Gasteiger partial charge in [-0.2, -0.15) is 0 Å². The lowest BCUT2D eigenvalue weighted by Crippen LogP contribution is -2.39. The molecule has 0 radical (unpaired) electrons. The lowest BCUT2D eigenvalue weighted by Gasteiger charge is -2.20. The van der Waals surface area contributed by atoms with Crippen LogP contribution in [0.4, 0.5) is 0 Å². The summed E-state index contributed by atoms with van der Waals surface area (Å²) in [5.74, 6) is -0.730. The van der Waals surface area contributed by atoms with Gasteiger partial charge in [0.2, 0.25) is 5.91 Å². The highest BCUT2D eigenvalue weighted by atomic mass is 16.5. The Labute approximate surface area is 131 Å². The van der Waals surface area contributed by atoms with E-state index < -0.39 is 11.4 Å². The van der Waals surface area contributed by atoms with E-state index in [4.69, 9.17) is 9.47 Å². The van der Waals surface area contributed by atoms with Gasteiger partial charge in [0.25, 0.3) is 0 Å². The number of carbonyl (C=O) groups excluding carboxylic acids is 2. The third-order valence-corrected chi connectivity index (χ3v) is 3.96. The van der Waals surface area contributed by atoms with Gasteiger partial charge in [-0.1, -0.05) is 30.3 Å². The Morgan fingerprint density at radius 3 is 2.55 bits per heavy atom. The van der Waals surface area contributed by atoms with Gasteiger partial charge in [-0.25, -0.2) is 0 Å². The van der Waals surface area contributed by atoms with Crippen LogP contribution in [0, 0.1) is 11.3 Å². The topological polar surface area (TPSA) is 55.8 Å².